The fraction of sp³-hybridized carbons (Fsp3) is 0.333. The summed E-state index contributed by atoms with van der Waals surface area (Å²) in [6.07, 6.45) is 5.58. The summed E-state index contributed by atoms with van der Waals surface area (Å²) in [4.78, 5) is 16.1. The van der Waals surface area contributed by atoms with Crippen LogP contribution in [0.4, 0.5) is 0 Å². The van der Waals surface area contributed by atoms with Crippen LogP contribution in [0.3, 0.4) is 0 Å². The molecule has 1 aromatic heterocycles. The molecular weight excluding hydrogens is 290 g/mol. The number of nitrogens with one attached hydrogen (secondary N) is 2. The van der Waals surface area contributed by atoms with Crippen molar-refractivity contribution < 1.29 is 9.53 Å². The molecular formula is C18H21N3O2. The lowest BCUT2D eigenvalue weighted by Crippen LogP contribution is -2.26. The quantitative estimate of drug-likeness (QED) is 0.861. The Morgan fingerprint density at radius 3 is 2.83 bits per heavy atom. The van der Waals surface area contributed by atoms with E-state index in [2.05, 4.69) is 15.6 Å². The SMILES string of the molecule is O=C(NCCC1CCNC1)c1ccc(Oc2cccnc2)cc1. The first-order valence-corrected chi connectivity index (χ1v) is 7.98. The second kappa shape index (κ2) is 7.74. The highest BCUT2D eigenvalue weighted by atomic mass is 16.5. The van der Waals surface area contributed by atoms with E-state index in [1.165, 1.54) is 6.42 Å². The Morgan fingerprint density at radius 2 is 2.13 bits per heavy atom. The van der Waals surface area contributed by atoms with E-state index in [1.54, 1.807) is 36.7 Å². The molecule has 5 heteroatoms. The van der Waals surface area contributed by atoms with Gasteiger partial charge in [-0.1, -0.05) is 0 Å². The molecule has 23 heavy (non-hydrogen) atoms. The summed E-state index contributed by atoms with van der Waals surface area (Å²) in [7, 11) is 0. The van der Waals surface area contributed by atoms with Crippen molar-refractivity contribution in [2.45, 2.75) is 12.8 Å². The summed E-state index contributed by atoms with van der Waals surface area (Å²) in [6.45, 7) is 2.88. The third-order valence-electron chi connectivity index (χ3n) is 3.99. The van der Waals surface area contributed by atoms with Crippen LogP contribution < -0.4 is 15.4 Å². The van der Waals surface area contributed by atoms with Gasteiger partial charge in [0.05, 0.1) is 6.20 Å². The predicted octanol–water partition coefficient (Wildman–Crippen LogP) is 2.60. The molecule has 1 aliphatic rings. The zero-order valence-corrected chi connectivity index (χ0v) is 13.0. The van der Waals surface area contributed by atoms with Gasteiger partial charge in [-0.25, -0.2) is 0 Å². The van der Waals surface area contributed by atoms with Gasteiger partial charge in [0, 0.05) is 18.3 Å². The molecule has 0 radical (unpaired) electrons. The molecule has 1 atom stereocenters. The van der Waals surface area contributed by atoms with Gasteiger partial charge in [-0.2, -0.15) is 0 Å². The summed E-state index contributed by atoms with van der Waals surface area (Å²) in [5, 5.41) is 6.31. The third kappa shape index (κ3) is 4.53. The fourth-order valence-electron chi connectivity index (χ4n) is 2.67. The van der Waals surface area contributed by atoms with Crippen LogP contribution in [0.25, 0.3) is 0 Å². The summed E-state index contributed by atoms with van der Waals surface area (Å²) in [6, 6.07) is 10.8. The first-order chi connectivity index (χ1) is 11.3. The topological polar surface area (TPSA) is 63.2 Å². The maximum atomic E-state index is 12.1. The van der Waals surface area contributed by atoms with Crippen molar-refractivity contribution in [3.05, 3.63) is 54.4 Å². The zero-order chi connectivity index (χ0) is 15.9. The van der Waals surface area contributed by atoms with Gasteiger partial charge in [0.25, 0.3) is 5.91 Å². The molecule has 0 bridgehead atoms. The van der Waals surface area contributed by atoms with Crippen LogP contribution in [0.15, 0.2) is 48.8 Å². The molecule has 1 saturated heterocycles. The van der Waals surface area contributed by atoms with E-state index >= 15 is 0 Å². The Labute approximate surface area is 136 Å². The Hall–Kier alpha value is -2.40. The van der Waals surface area contributed by atoms with E-state index in [0.717, 1.165) is 26.1 Å². The van der Waals surface area contributed by atoms with Crippen LogP contribution >= 0.6 is 0 Å². The summed E-state index contributed by atoms with van der Waals surface area (Å²) >= 11 is 0. The molecule has 1 aliphatic heterocycles. The van der Waals surface area contributed by atoms with Crippen LogP contribution in [0.2, 0.25) is 0 Å². The lowest BCUT2D eigenvalue weighted by Gasteiger charge is -2.10. The minimum atomic E-state index is -0.0381. The summed E-state index contributed by atoms with van der Waals surface area (Å²) in [5.74, 6) is 2.01. The van der Waals surface area contributed by atoms with Crippen LogP contribution in [-0.4, -0.2) is 30.5 Å². The van der Waals surface area contributed by atoms with Crippen molar-refractivity contribution >= 4 is 5.91 Å². The predicted molar refractivity (Wildman–Crippen MR) is 88.7 cm³/mol. The minimum Gasteiger partial charge on any atom is -0.456 e. The fourth-order valence-corrected chi connectivity index (χ4v) is 2.67. The molecule has 2 aromatic rings. The van der Waals surface area contributed by atoms with Crippen molar-refractivity contribution in [2.75, 3.05) is 19.6 Å². The summed E-state index contributed by atoms with van der Waals surface area (Å²) < 4.78 is 5.66. The molecule has 3 rings (SSSR count). The third-order valence-corrected chi connectivity index (χ3v) is 3.99. The maximum absolute atomic E-state index is 12.1. The highest BCUT2D eigenvalue weighted by molar-refractivity contribution is 5.94. The standard InChI is InChI=1S/C18H21N3O2/c22-18(21-11-8-14-7-10-20-12-14)15-3-5-16(6-4-15)23-17-2-1-9-19-13-17/h1-6,9,13-14,20H,7-8,10-12H2,(H,21,22). The molecule has 0 saturated carbocycles. The van der Waals surface area contributed by atoms with E-state index in [1.807, 2.05) is 12.1 Å². The molecule has 1 fully saturated rings. The van der Waals surface area contributed by atoms with Gasteiger partial charge in [-0.3, -0.25) is 9.78 Å². The number of aromatic nitrogens is 1. The monoisotopic (exact) mass is 311 g/mol. The minimum absolute atomic E-state index is 0.0381. The van der Waals surface area contributed by atoms with Crippen LogP contribution in [0.5, 0.6) is 11.5 Å². The number of pyridine rings is 1. The Bertz CT molecular complexity index is 622. The molecule has 1 amide bonds. The van der Waals surface area contributed by atoms with Gasteiger partial charge in [-0.05, 0) is 68.2 Å². The van der Waals surface area contributed by atoms with Crippen LogP contribution in [0.1, 0.15) is 23.2 Å². The first kappa shape index (κ1) is 15.5. The van der Waals surface area contributed by atoms with E-state index in [4.69, 9.17) is 4.74 Å². The number of benzene rings is 1. The smallest absolute Gasteiger partial charge is 0.251 e. The van der Waals surface area contributed by atoms with Gasteiger partial charge in [-0.15, -0.1) is 0 Å². The largest absolute Gasteiger partial charge is 0.456 e. The van der Waals surface area contributed by atoms with Gasteiger partial charge >= 0.3 is 0 Å². The molecule has 2 heterocycles. The van der Waals surface area contributed by atoms with Crippen molar-refractivity contribution in [3.63, 3.8) is 0 Å². The Balaban J connectivity index is 1.49. The van der Waals surface area contributed by atoms with Crippen LogP contribution in [-0.2, 0) is 0 Å². The van der Waals surface area contributed by atoms with Crippen molar-refractivity contribution in [3.8, 4) is 11.5 Å². The number of amides is 1. The first-order valence-electron chi connectivity index (χ1n) is 7.98. The average molecular weight is 311 g/mol. The van der Waals surface area contributed by atoms with Gasteiger partial charge in [0.2, 0.25) is 0 Å². The molecule has 1 unspecified atom stereocenters. The lowest BCUT2D eigenvalue weighted by molar-refractivity contribution is 0.0951. The molecule has 2 N–H and O–H groups in total. The van der Waals surface area contributed by atoms with Crippen molar-refractivity contribution in [1.82, 2.24) is 15.6 Å². The number of nitrogens with zero attached hydrogens (tertiary/aromatic N) is 1. The van der Waals surface area contributed by atoms with Gasteiger partial charge in [0.15, 0.2) is 0 Å². The zero-order valence-electron chi connectivity index (χ0n) is 13.0. The number of rotatable bonds is 6. The normalized spacial score (nSPS) is 17.0. The van der Waals surface area contributed by atoms with E-state index in [-0.39, 0.29) is 5.91 Å². The molecule has 5 nitrogen and oxygen atoms in total. The van der Waals surface area contributed by atoms with Gasteiger partial charge < -0.3 is 15.4 Å². The Morgan fingerprint density at radius 1 is 1.26 bits per heavy atom. The van der Waals surface area contributed by atoms with Crippen molar-refractivity contribution in [2.24, 2.45) is 5.92 Å². The van der Waals surface area contributed by atoms with E-state index in [9.17, 15) is 4.79 Å². The molecule has 1 aromatic carbocycles. The molecule has 0 aliphatic carbocycles. The highest BCUT2D eigenvalue weighted by Gasteiger charge is 2.14. The molecule has 120 valence electrons. The van der Waals surface area contributed by atoms with E-state index < -0.39 is 0 Å². The highest BCUT2D eigenvalue weighted by Crippen LogP contribution is 2.20. The lowest BCUT2D eigenvalue weighted by atomic mass is 10.1. The number of hydrogen-bond donors (Lipinski definition) is 2. The average Bonchev–Trinajstić information content (AvgIpc) is 3.10. The number of ether oxygens (including phenoxy) is 1. The maximum Gasteiger partial charge on any atom is 0.251 e. The second-order valence-corrected chi connectivity index (χ2v) is 5.72. The number of hydrogen-bond acceptors (Lipinski definition) is 4. The second-order valence-electron chi connectivity index (χ2n) is 5.72. The molecule has 0 spiro atoms. The number of carbonyl (C=O) groups excluding carboxylic acids is 1. The number of carbonyl (C=O) groups is 1. The summed E-state index contributed by atoms with van der Waals surface area (Å²) in [5.41, 5.74) is 0.646. The van der Waals surface area contributed by atoms with Crippen molar-refractivity contribution in [1.29, 1.82) is 0 Å². The Kier molecular flexibility index (Phi) is 5.21. The van der Waals surface area contributed by atoms with E-state index in [0.29, 0.717) is 23.0 Å². The van der Waals surface area contributed by atoms with Crippen LogP contribution in [0, 0.1) is 5.92 Å². The van der Waals surface area contributed by atoms with Gasteiger partial charge in [0.1, 0.15) is 11.5 Å².